The number of halogens is 2. The predicted octanol–water partition coefficient (Wildman–Crippen LogP) is 5.56. The molecule has 36 heavy (non-hydrogen) atoms. The number of ether oxygens (including phenoxy) is 1. The third-order valence-electron chi connectivity index (χ3n) is 8.88. The van der Waals surface area contributed by atoms with Gasteiger partial charge in [-0.15, -0.1) is 0 Å². The molecule has 0 unspecified atom stereocenters. The van der Waals surface area contributed by atoms with Crippen LogP contribution in [0.2, 0.25) is 0 Å². The summed E-state index contributed by atoms with van der Waals surface area (Å²) in [6.45, 7) is 3.06. The van der Waals surface area contributed by atoms with Crippen molar-refractivity contribution in [1.82, 2.24) is 15.4 Å². The van der Waals surface area contributed by atoms with Gasteiger partial charge in [0, 0.05) is 36.9 Å². The molecule has 0 bridgehead atoms. The lowest BCUT2D eigenvalue weighted by Crippen LogP contribution is -2.39. The third kappa shape index (κ3) is 6.08. The molecular formula is C28H39F2N3O3. The molecule has 1 aromatic heterocycles. The number of nitrogens with one attached hydrogen (secondary N) is 1. The van der Waals surface area contributed by atoms with E-state index in [1.54, 1.807) is 7.11 Å². The van der Waals surface area contributed by atoms with Crippen molar-refractivity contribution in [3.05, 3.63) is 29.5 Å². The second-order valence-corrected chi connectivity index (χ2v) is 11.3. The first-order valence-electron chi connectivity index (χ1n) is 13.8. The van der Waals surface area contributed by atoms with E-state index in [0.29, 0.717) is 35.5 Å². The lowest BCUT2D eigenvalue weighted by atomic mass is 9.83. The Labute approximate surface area is 212 Å². The number of nitrogens with zero attached hydrogens (tertiary/aromatic N) is 2. The molecule has 1 N–H and O–H groups in total. The second-order valence-electron chi connectivity index (χ2n) is 11.3. The van der Waals surface area contributed by atoms with Crippen LogP contribution in [0, 0.1) is 23.5 Å². The molecule has 2 atom stereocenters. The van der Waals surface area contributed by atoms with Crippen LogP contribution < -0.4 is 5.32 Å². The van der Waals surface area contributed by atoms with Gasteiger partial charge < -0.3 is 19.5 Å². The summed E-state index contributed by atoms with van der Waals surface area (Å²) in [4.78, 5) is 15.0. The summed E-state index contributed by atoms with van der Waals surface area (Å²) >= 11 is 0. The van der Waals surface area contributed by atoms with E-state index in [9.17, 15) is 13.6 Å². The highest BCUT2D eigenvalue weighted by Crippen LogP contribution is 2.34. The van der Waals surface area contributed by atoms with Crippen molar-refractivity contribution in [2.24, 2.45) is 11.8 Å². The van der Waals surface area contributed by atoms with Crippen molar-refractivity contribution < 1.29 is 22.8 Å². The van der Waals surface area contributed by atoms with Crippen molar-refractivity contribution >= 4 is 16.9 Å². The van der Waals surface area contributed by atoms with Gasteiger partial charge in [0.25, 0.3) is 0 Å². The van der Waals surface area contributed by atoms with Gasteiger partial charge in [-0.1, -0.05) is 5.16 Å². The zero-order valence-corrected chi connectivity index (χ0v) is 21.3. The normalized spacial score (nSPS) is 28.1. The van der Waals surface area contributed by atoms with Gasteiger partial charge in [-0.2, -0.15) is 0 Å². The molecule has 2 aromatic rings. The van der Waals surface area contributed by atoms with Crippen LogP contribution in [0.1, 0.15) is 82.2 Å². The fourth-order valence-corrected chi connectivity index (χ4v) is 6.61. The number of rotatable bonds is 8. The van der Waals surface area contributed by atoms with Crippen LogP contribution in [-0.4, -0.2) is 54.9 Å². The summed E-state index contributed by atoms with van der Waals surface area (Å²) in [5.74, 6) is -0.117. The van der Waals surface area contributed by atoms with E-state index in [2.05, 4.69) is 15.4 Å². The van der Waals surface area contributed by atoms with Crippen molar-refractivity contribution in [1.29, 1.82) is 0 Å². The third-order valence-corrected chi connectivity index (χ3v) is 8.88. The van der Waals surface area contributed by atoms with Gasteiger partial charge in [0.1, 0.15) is 0 Å². The van der Waals surface area contributed by atoms with Gasteiger partial charge >= 0.3 is 0 Å². The van der Waals surface area contributed by atoms with Crippen molar-refractivity contribution in [3.8, 4) is 0 Å². The molecule has 3 aliphatic rings. The summed E-state index contributed by atoms with van der Waals surface area (Å²) in [6.07, 6.45) is 11.8. The minimum atomic E-state index is -0.902. The maximum absolute atomic E-state index is 13.7. The number of carbonyl (C=O) groups excluding carboxylic acids is 1. The van der Waals surface area contributed by atoms with E-state index in [4.69, 9.17) is 9.26 Å². The molecule has 6 nitrogen and oxygen atoms in total. The maximum Gasteiger partial charge on any atom is 0.220 e. The summed E-state index contributed by atoms with van der Waals surface area (Å²) in [6, 6.07) is 2.63. The topological polar surface area (TPSA) is 67.6 Å². The Morgan fingerprint density at radius 2 is 1.78 bits per heavy atom. The number of fused-ring (bicyclic) bond motifs is 1. The fourth-order valence-electron chi connectivity index (χ4n) is 6.61. The Morgan fingerprint density at radius 1 is 1.06 bits per heavy atom. The van der Waals surface area contributed by atoms with Crippen molar-refractivity contribution in [3.63, 3.8) is 0 Å². The zero-order valence-electron chi connectivity index (χ0n) is 21.3. The molecule has 1 aromatic carbocycles. The number of hydrogen-bond donors (Lipinski definition) is 1. The molecule has 2 heterocycles. The van der Waals surface area contributed by atoms with Crippen LogP contribution in [0.25, 0.3) is 11.0 Å². The Hall–Kier alpha value is -2.06. The first-order chi connectivity index (χ1) is 17.5. The molecule has 3 fully saturated rings. The van der Waals surface area contributed by atoms with Gasteiger partial charge in [-0.3, -0.25) is 4.79 Å². The van der Waals surface area contributed by atoms with E-state index >= 15 is 0 Å². The molecule has 1 saturated heterocycles. The molecule has 1 amide bonds. The van der Waals surface area contributed by atoms with Gasteiger partial charge in [0.2, 0.25) is 5.91 Å². The molecule has 1 aliphatic heterocycles. The van der Waals surface area contributed by atoms with Crippen molar-refractivity contribution in [2.75, 3.05) is 26.7 Å². The van der Waals surface area contributed by atoms with E-state index in [-0.39, 0.29) is 11.8 Å². The molecule has 0 radical (unpaired) electrons. The minimum absolute atomic E-state index is 0.218. The zero-order chi connectivity index (χ0) is 25.1. The SMILES string of the molecule is CO[C@@H]1CC[C@@H](CC(=O)NC2CCC(CCN3CCC(c4noc5cc(F)c(F)cc45)CC3)CC2)C1. The number of aromatic nitrogens is 1. The van der Waals surface area contributed by atoms with Gasteiger partial charge in [0.05, 0.1) is 11.8 Å². The molecule has 2 aliphatic carbocycles. The Bertz CT molecular complexity index is 1030. The molecule has 5 rings (SSSR count). The number of methoxy groups -OCH3 is 1. The summed E-state index contributed by atoms with van der Waals surface area (Å²) < 4.78 is 37.9. The van der Waals surface area contributed by atoms with E-state index in [1.807, 2.05) is 0 Å². The van der Waals surface area contributed by atoms with Crippen molar-refractivity contribution in [2.45, 2.75) is 88.7 Å². The smallest absolute Gasteiger partial charge is 0.220 e. The monoisotopic (exact) mass is 503 g/mol. The number of hydrogen-bond acceptors (Lipinski definition) is 5. The number of carbonyl (C=O) groups is 1. The number of amides is 1. The van der Waals surface area contributed by atoms with Crippen LogP contribution in [0.3, 0.4) is 0 Å². The fraction of sp³-hybridized carbons (Fsp3) is 0.714. The van der Waals surface area contributed by atoms with Gasteiger partial charge in [-0.25, -0.2) is 8.78 Å². The van der Waals surface area contributed by atoms with Crippen LogP contribution in [-0.2, 0) is 9.53 Å². The lowest BCUT2D eigenvalue weighted by molar-refractivity contribution is -0.123. The molecular weight excluding hydrogens is 464 g/mol. The number of likely N-dealkylation sites (tertiary alicyclic amines) is 1. The standard InChI is InChI=1S/C28H39F2N3O3/c1-35-22-7-4-19(14-22)15-27(34)31-21-5-2-18(3-6-21)8-11-33-12-9-20(10-13-33)28-23-16-24(29)25(30)17-26(23)36-32-28/h16-22H,2-15H2,1H3,(H,31,34)/t18?,19-,21?,22-/m1/s1. The maximum atomic E-state index is 13.7. The summed E-state index contributed by atoms with van der Waals surface area (Å²) in [7, 11) is 1.77. The summed E-state index contributed by atoms with van der Waals surface area (Å²) in [5, 5.41) is 8.04. The Kier molecular flexibility index (Phi) is 8.21. The Morgan fingerprint density at radius 3 is 2.50 bits per heavy atom. The number of piperidine rings is 1. The van der Waals surface area contributed by atoms with E-state index in [1.165, 1.54) is 25.3 Å². The van der Waals surface area contributed by atoms with Gasteiger partial charge in [0.15, 0.2) is 17.2 Å². The average molecular weight is 504 g/mol. The largest absolute Gasteiger partial charge is 0.381 e. The van der Waals surface area contributed by atoms with Gasteiger partial charge in [-0.05, 0) is 102 Å². The minimum Gasteiger partial charge on any atom is -0.381 e. The quantitative estimate of drug-likeness (QED) is 0.511. The number of benzene rings is 1. The lowest BCUT2D eigenvalue weighted by Gasteiger charge is -2.34. The summed E-state index contributed by atoms with van der Waals surface area (Å²) in [5.41, 5.74) is 1.08. The highest BCUT2D eigenvalue weighted by atomic mass is 19.2. The highest BCUT2D eigenvalue weighted by molar-refractivity contribution is 5.80. The predicted molar refractivity (Wildman–Crippen MR) is 134 cm³/mol. The molecule has 2 saturated carbocycles. The molecule has 8 heteroatoms. The highest BCUT2D eigenvalue weighted by Gasteiger charge is 2.29. The molecule has 198 valence electrons. The molecule has 0 spiro atoms. The first-order valence-corrected chi connectivity index (χ1v) is 13.8. The average Bonchev–Trinajstić information content (AvgIpc) is 3.51. The van der Waals surface area contributed by atoms with E-state index in [0.717, 1.165) is 82.3 Å². The Balaban J connectivity index is 0.996. The van der Waals surface area contributed by atoms with Crippen LogP contribution in [0.4, 0.5) is 8.78 Å². The second kappa shape index (κ2) is 11.5. The van der Waals surface area contributed by atoms with Crippen LogP contribution in [0.15, 0.2) is 16.7 Å². The first kappa shape index (κ1) is 25.6. The van der Waals surface area contributed by atoms with E-state index < -0.39 is 11.6 Å². The van der Waals surface area contributed by atoms with Crippen LogP contribution >= 0.6 is 0 Å². The van der Waals surface area contributed by atoms with Crippen LogP contribution in [0.5, 0.6) is 0 Å².